The number of nitrogens with one attached hydrogen (secondary N) is 1. The third-order valence-corrected chi connectivity index (χ3v) is 5.62. The Morgan fingerprint density at radius 2 is 2.07 bits per heavy atom. The Kier molecular flexibility index (Phi) is 6.19. The van der Waals surface area contributed by atoms with E-state index in [0.29, 0.717) is 22.6 Å². The number of fused-ring (bicyclic) bond motifs is 1. The van der Waals surface area contributed by atoms with E-state index in [2.05, 4.69) is 10.3 Å². The van der Waals surface area contributed by atoms with E-state index in [0.717, 1.165) is 11.8 Å². The molecule has 1 heterocycles. The fourth-order valence-corrected chi connectivity index (χ4v) is 3.88. The molecular weight excluding hydrogens is 416 g/mol. The van der Waals surface area contributed by atoms with E-state index in [9.17, 15) is 19.7 Å². The van der Waals surface area contributed by atoms with E-state index in [1.807, 2.05) is 6.92 Å². The first-order valence-corrected chi connectivity index (χ1v) is 9.98. The van der Waals surface area contributed by atoms with Gasteiger partial charge in [0.15, 0.2) is 5.16 Å². The highest BCUT2D eigenvalue weighted by Crippen LogP contribution is 2.28. The molecule has 10 heteroatoms. The third kappa shape index (κ3) is 4.41. The number of rotatable bonds is 6. The molecule has 1 N–H and O–H groups in total. The molecule has 0 radical (unpaired) electrons. The van der Waals surface area contributed by atoms with Crippen LogP contribution in [0.1, 0.15) is 13.8 Å². The van der Waals surface area contributed by atoms with E-state index in [-0.39, 0.29) is 27.9 Å². The smallest absolute Gasteiger partial charge is 0.271 e. The zero-order valence-electron chi connectivity index (χ0n) is 15.6. The maximum atomic E-state index is 12.7. The summed E-state index contributed by atoms with van der Waals surface area (Å²) in [6.07, 6.45) is 0. The molecule has 0 fully saturated rings. The fourth-order valence-electron chi connectivity index (χ4n) is 2.68. The molecule has 0 bridgehead atoms. The molecule has 1 unspecified atom stereocenters. The Bertz CT molecular complexity index is 1160. The maximum absolute atomic E-state index is 12.7. The van der Waals surface area contributed by atoms with Gasteiger partial charge in [0.05, 0.1) is 31.8 Å². The maximum Gasteiger partial charge on any atom is 0.271 e. The predicted octanol–water partition coefficient (Wildman–Crippen LogP) is 4.10. The summed E-state index contributed by atoms with van der Waals surface area (Å²) in [6.45, 7) is 3.94. The zero-order chi connectivity index (χ0) is 21.1. The van der Waals surface area contributed by atoms with Crippen LogP contribution < -0.4 is 10.9 Å². The normalized spacial score (nSPS) is 12.0. The predicted molar refractivity (Wildman–Crippen MR) is 114 cm³/mol. The molecule has 1 atom stereocenters. The topological polar surface area (TPSA) is 107 Å². The van der Waals surface area contributed by atoms with Crippen LogP contribution in [0.2, 0.25) is 5.02 Å². The minimum atomic E-state index is -0.591. The summed E-state index contributed by atoms with van der Waals surface area (Å²) in [6, 6.07) is 10.9. The minimum Gasteiger partial charge on any atom is -0.324 e. The molecule has 0 aliphatic rings. The van der Waals surface area contributed by atoms with Crippen molar-refractivity contribution in [2.45, 2.75) is 30.8 Å². The molecule has 0 saturated heterocycles. The lowest BCUT2D eigenvalue weighted by Crippen LogP contribution is -2.26. The molecule has 29 heavy (non-hydrogen) atoms. The van der Waals surface area contributed by atoms with Gasteiger partial charge in [-0.1, -0.05) is 35.5 Å². The Morgan fingerprint density at radius 1 is 1.34 bits per heavy atom. The number of benzene rings is 2. The van der Waals surface area contributed by atoms with Crippen molar-refractivity contribution in [2.24, 2.45) is 0 Å². The van der Waals surface area contributed by atoms with Crippen LogP contribution in [0, 0.1) is 10.1 Å². The molecule has 8 nitrogen and oxygen atoms in total. The standard InChI is InChI=1S/C19H17ClN4O4S/c1-3-23-18(26)13-6-4-5-7-15(13)22-19(23)29-11(2)17(25)21-16-9-8-12(24(27)28)10-14(16)20/h4-11H,3H2,1-2H3,(H,21,25). The number of non-ortho nitro benzene ring substituents is 1. The molecular formula is C19H17ClN4O4S. The zero-order valence-corrected chi connectivity index (χ0v) is 17.2. The summed E-state index contributed by atoms with van der Waals surface area (Å²) < 4.78 is 1.52. The van der Waals surface area contributed by atoms with Crippen molar-refractivity contribution in [2.75, 3.05) is 5.32 Å². The van der Waals surface area contributed by atoms with Crippen molar-refractivity contribution >= 4 is 51.5 Å². The second-order valence-corrected chi connectivity index (χ2v) is 7.85. The van der Waals surface area contributed by atoms with Crippen molar-refractivity contribution in [1.82, 2.24) is 9.55 Å². The fraction of sp³-hybridized carbons (Fsp3) is 0.211. The number of carbonyl (C=O) groups is 1. The van der Waals surface area contributed by atoms with Crippen LogP contribution in [0.15, 0.2) is 52.4 Å². The summed E-state index contributed by atoms with van der Waals surface area (Å²) in [5.41, 5.74) is 0.513. The number of anilines is 1. The van der Waals surface area contributed by atoms with Gasteiger partial charge in [-0.2, -0.15) is 0 Å². The van der Waals surface area contributed by atoms with Crippen molar-refractivity contribution in [3.63, 3.8) is 0 Å². The highest BCUT2D eigenvalue weighted by molar-refractivity contribution is 8.00. The van der Waals surface area contributed by atoms with Crippen molar-refractivity contribution < 1.29 is 9.72 Å². The number of para-hydroxylation sites is 1. The number of amides is 1. The number of halogens is 1. The van der Waals surface area contributed by atoms with Crippen LogP contribution in [0.4, 0.5) is 11.4 Å². The van der Waals surface area contributed by atoms with Gasteiger partial charge in [-0.15, -0.1) is 0 Å². The average Bonchev–Trinajstić information content (AvgIpc) is 2.69. The van der Waals surface area contributed by atoms with E-state index in [1.165, 1.54) is 22.8 Å². The average molecular weight is 433 g/mol. The molecule has 2 aromatic carbocycles. The molecule has 3 rings (SSSR count). The summed E-state index contributed by atoms with van der Waals surface area (Å²) in [7, 11) is 0. The first-order chi connectivity index (χ1) is 13.8. The van der Waals surface area contributed by atoms with E-state index >= 15 is 0 Å². The number of hydrogen-bond acceptors (Lipinski definition) is 6. The van der Waals surface area contributed by atoms with Gasteiger partial charge in [0, 0.05) is 18.7 Å². The van der Waals surface area contributed by atoms with Crippen molar-refractivity contribution in [3.8, 4) is 0 Å². The molecule has 3 aromatic rings. The van der Waals surface area contributed by atoms with Gasteiger partial charge in [-0.05, 0) is 32.0 Å². The SMILES string of the molecule is CCn1c(SC(C)C(=O)Nc2ccc([N+](=O)[O-])cc2Cl)nc2ccccc2c1=O. The van der Waals surface area contributed by atoms with Crippen molar-refractivity contribution in [1.29, 1.82) is 0 Å². The van der Waals surface area contributed by atoms with Gasteiger partial charge in [0.2, 0.25) is 5.91 Å². The number of nitrogens with zero attached hydrogens (tertiary/aromatic N) is 3. The number of aromatic nitrogens is 2. The van der Waals surface area contributed by atoms with Crippen LogP contribution in [0.5, 0.6) is 0 Å². The van der Waals surface area contributed by atoms with E-state index in [1.54, 1.807) is 31.2 Å². The number of nitro groups is 1. The molecule has 0 aliphatic heterocycles. The van der Waals surface area contributed by atoms with Crippen molar-refractivity contribution in [3.05, 3.63) is 68.0 Å². The summed E-state index contributed by atoms with van der Waals surface area (Å²) in [4.78, 5) is 40.1. The first-order valence-electron chi connectivity index (χ1n) is 8.72. The molecule has 150 valence electrons. The van der Waals surface area contributed by atoms with Gasteiger partial charge in [-0.25, -0.2) is 4.98 Å². The van der Waals surface area contributed by atoms with Gasteiger partial charge in [0.25, 0.3) is 11.2 Å². The molecule has 0 saturated carbocycles. The van der Waals surface area contributed by atoms with Crippen LogP contribution in [0.3, 0.4) is 0 Å². The second kappa shape index (κ2) is 8.62. The van der Waals surface area contributed by atoms with Gasteiger partial charge in [-0.3, -0.25) is 24.3 Å². The third-order valence-electron chi connectivity index (χ3n) is 4.22. The van der Waals surface area contributed by atoms with Crippen LogP contribution in [-0.4, -0.2) is 25.6 Å². The Labute approximate surface area is 175 Å². The van der Waals surface area contributed by atoms with Gasteiger partial charge in [0.1, 0.15) is 0 Å². The Hall–Kier alpha value is -2.91. The lowest BCUT2D eigenvalue weighted by Gasteiger charge is -2.15. The van der Waals surface area contributed by atoms with Crippen LogP contribution >= 0.6 is 23.4 Å². The molecule has 1 aromatic heterocycles. The summed E-state index contributed by atoms with van der Waals surface area (Å²) in [5.74, 6) is -0.365. The van der Waals surface area contributed by atoms with Gasteiger partial charge < -0.3 is 5.32 Å². The Balaban J connectivity index is 1.83. The second-order valence-electron chi connectivity index (χ2n) is 6.13. The lowest BCUT2D eigenvalue weighted by atomic mass is 10.2. The molecule has 0 aliphatic carbocycles. The highest BCUT2D eigenvalue weighted by atomic mass is 35.5. The number of nitro benzene ring substituents is 1. The molecule has 1 amide bonds. The number of carbonyl (C=O) groups excluding carboxylic acids is 1. The summed E-state index contributed by atoms with van der Waals surface area (Å²) in [5, 5.41) is 13.9. The first kappa shape index (κ1) is 20.8. The highest BCUT2D eigenvalue weighted by Gasteiger charge is 2.20. The number of thioether (sulfide) groups is 1. The largest absolute Gasteiger partial charge is 0.324 e. The Morgan fingerprint density at radius 3 is 2.72 bits per heavy atom. The number of hydrogen-bond donors (Lipinski definition) is 1. The summed E-state index contributed by atoms with van der Waals surface area (Å²) >= 11 is 7.19. The minimum absolute atomic E-state index is 0.0686. The van der Waals surface area contributed by atoms with Crippen LogP contribution in [-0.2, 0) is 11.3 Å². The van der Waals surface area contributed by atoms with Crippen LogP contribution in [0.25, 0.3) is 10.9 Å². The van der Waals surface area contributed by atoms with E-state index < -0.39 is 10.2 Å². The monoisotopic (exact) mass is 432 g/mol. The van der Waals surface area contributed by atoms with Gasteiger partial charge >= 0.3 is 0 Å². The van der Waals surface area contributed by atoms with E-state index in [4.69, 9.17) is 11.6 Å². The lowest BCUT2D eigenvalue weighted by molar-refractivity contribution is -0.384. The quantitative estimate of drug-likeness (QED) is 0.272. The molecule has 0 spiro atoms.